The highest BCUT2D eigenvalue weighted by molar-refractivity contribution is 9.25. The first-order valence-electron chi connectivity index (χ1n) is 5.08. The third-order valence-corrected chi connectivity index (χ3v) is 2.81. The molecule has 0 fully saturated rings. The Morgan fingerprint density at radius 3 is 2.75 bits per heavy atom. The highest BCUT2D eigenvalue weighted by Crippen LogP contribution is 2.19. The van der Waals surface area contributed by atoms with Gasteiger partial charge in [-0.05, 0) is 13.3 Å². The van der Waals surface area contributed by atoms with Crippen LogP contribution in [0.1, 0.15) is 25.5 Å². The molecule has 0 aliphatic rings. The van der Waals surface area contributed by atoms with Crippen LogP contribution in [0.15, 0.2) is 10.7 Å². The largest absolute Gasteiger partial charge is 0.431 e. The van der Waals surface area contributed by atoms with E-state index in [1.54, 1.807) is 11.2 Å². The summed E-state index contributed by atoms with van der Waals surface area (Å²) in [6, 6.07) is 0.361. The van der Waals surface area contributed by atoms with Crippen molar-refractivity contribution < 1.29 is 9.21 Å². The molecule has 0 radical (unpaired) electrons. The van der Waals surface area contributed by atoms with E-state index in [0.29, 0.717) is 12.6 Å². The third kappa shape index (κ3) is 3.59. The van der Waals surface area contributed by atoms with E-state index < -0.39 is 3.74 Å². The number of nitrogens with zero attached hydrogens (tertiary/aromatic N) is 2. The van der Waals surface area contributed by atoms with Crippen molar-refractivity contribution in [2.24, 2.45) is 0 Å². The maximum Gasteiger partial charge on any atom is 0.304 e. The van der Waals surface area contributed by atoms with E-state index in [-0.39, 0.29) is 5.91 Å². The lowest BCUT2D eigenvalue weighted by Crippen LogP contribution is -2.35. The van der Waals surface area contributed by atoms with Crippen LogP contribution in [0.2, 0.25) is 0 Å². The van der Waals surface area contributed by atoms with Gasteiger partial charge in [0.05, 0.1) is 5.69 Å². The van der Waals surface area contributed by atoms with Crippen molar-refractivity contribution in [2.75, 3.05) is 11.4 Å². The summed E-state index contributed by atoms with van der Waals surface area (Å²) < 4.78 is 4.83. The smallest absolute Gasteiger partial charge is 0.304 e. The lowest BCUT2D eigenvalue weighted by atomic mass is 10.3. The molecular formula is C10H14Br2N2O2. The third-order valence-electron chi connectivity index (χ3n) is 2.03. The fourth-order valence-electron chi connectivity index (χ4n) is 1.20. The molecule has 0 bridgehead atoms. The van der Waals surface area contributed by atoms with Crippen molar-refractivity contribution in [3.8, 4) is 0 Å². The minimum absolute atomic E-state index is 0.102. The zero-order chi connectivity index (χ0) is 12.1. The summed E-state index contributed by atoms with van der Waals surface area (Å²) >= 11 is 6.38. The molecule has 0 aliphatic carbocycles. The number of anilines is 1. The average Bonchev–Trinajstić information content (AvgIpc) is 2.65. The van der Waals surface area contributed by atoms with E-state index in [0.717, 1.165) is 18.5 Å². The lowest BCUT2D eigenvalue weighted by Gasteiger charge is -2.18. The maximum atomic E-state index is 11.9. The van der Waals surface area contributed by atoms with Crippen molar-refractivity contribution >= 4 is 43.8 Å². The van der Waals surface area contributed by atoms with Gasteiger partial charge in [0.2, 0.25) is 0 Å². The Morgan fingerprint density at radius 2 is 2.31 bits per heavy atom. The molecule has 16 heavy (non-hydrogen) atoms. The number of halogens is 2. The minimum Gasteiger partial charge on any atom is -0.431 e. The predicted molar refractivity (Wildman–Crippen MR) is 70.1 cm³/mol. The molecule has 0 N–H and O–H groups in total. The van der Waals surface area contributed by atoms with Crippen molar-refractivity contribution in [3.63, 3.8) is 0 Å². The summed E-state index contributed by atoms with van der Waals surface area (Å²) in [7, 11) is 0. The zero-order valence-corrected chi connectivity index (χ0v) is 12.4. The summed E-state index contributed by atoms with van der Waals surface area (Å²) in [5, 5.41) is 0. The van der Waals surface area contributed by atoms with Gasteiger partial charge in [-0.3, -0.25) is 9.69 Å². The van der Waals surface area contributed by atoms with E-state index in [1.807, 2.05) is 6.92 Å². The molecule has 0 unspecified atom stereocenters. The summed E-state index contributed by atoms with van der Waals surface area (Å²) in [6.45, 7) is 4.52. The van der Waals surface area contributed by atoms with Crippen molar-refractivity contribution in [3.05, 3.63) is 12.0 Å². The van der Waals surface area contributed by atoms with E-state index in [2.05, 4.69) is 43.8 Å². The van der Waals surface area contributed by atoms with Gasteiger partial charge in [0.1, 0.15) is 10.00 Å². The summed E-state index contributed by atoms with van der Waals surface area (Å²) in [4.78, 5) is 17.6. The number of hydrogen-bond acceptors (Lipinski definition) is 3. The SMILES string of the molecule is CCCCN(C(=O)C(Br)Br)c1nc(C)co1. The Bertz CT molecular complexity index is 352. The van der Waals surface area contributed by atoms with Crippen LogP contribution in [0.4, 0.5) is 6.01 Å². The molecule has 0 spiro atoms. The lowest BCUT2D eigenvalue weighted by molar-refractivity contribution is -0.116. The number of rotatable bonds is 5. The molecule has 1 aromatic heterocycles. The van der Waals surface area contributed by atoms with Gasteiger partial charge in [0, 0.05) is 6.54 Å². The molecule has 1 amide bonds. The van der Waals surface area contributed by atoms with Gasteiger partial charge < -0.3 is 4.42 Å². The van der Waals surface area contributed by atoms with E-state index in [9.17, 15) is 4.79 Å². The summed E-state index contributed by atoms with van der Waals surface area (Å²) in [5.41, 5.74) is 0.769. The van der Waals surface area contributed by atoms with Crippen molar-refractivity contribution in [1.82, 2.24) is 4.98 Å². The van der Waals surface area contributed by atoms with Gasteiger partial charge >= 0.3 is 6.01 Å². The van der Waals surface area contributed by atoms with Crippen LogP contribution in [0.3, 0.4) is 0 Å². The number of carbonyl (C=O) groups excluding carboxylic acids is 1. The highest BCUT2D eigenvalue weighted by atomic mass is 79.9. The number of hydrogen-bond donors (Lipinski definition) is 0. The first kappa shape index (κ1) is 13.7. The molecule has 1 aromatic rings. The standard InChI is InChI=1S/C10H14Br2N2O2/c1-3-4-5-14(9(15)8(11)12)10-13-7(2)6-16-10/h6,8H,3-5H2,1-2H3. The van der Waals surface area contributed by atoms with Crippen LogP contribution < -0.4 is 4.90 Å². The second-order valence-corrected chi connectivity index (χ2v) is 6.48. The van der Waals surface area contributed by atoms with Crippen LogP contribution in [0, 0.1) is 6.92 Å². The number of amides is 1. The van der Waals surface area contributed by atoms with Crippen molar-refractivity contribution in [2.45, 2.75) is 30.4 Å². The first-order valence-corrected chi connectivity index (χ1v) is 6.91. The topological polar surface area (TPSA) is 46.3 Å². The van der Waals surface area contributed by atoms with Crippen LogP contribution in [0.5, 0.6) is 0 Å². The number of aryl methyl sites for hydroxylation is 1. The second kappa shape index (κ2) is 6.39. The maximum absolute atomic E-state index is 11.9. The molecule has 4 nitrogen and oxygen atoms in total. The van der Waals surface area contributed by atoms with Gasteiger partial charge in [-0.2, -0.15) is 4.98 Å². The molecular weight excluding hydrogens is 340 g/mol. The molecule has 90 valence electrons. The molecule has 1 rings (SSSR count). The fourth-order valence-corrected chi connectivity index (χ4v) is 1.69. The molecule has 0 aliphatic heterocycles. The highest BCUT2D eigenvalue weighted by Gasteiger charge is 2.24. The fraction of sp³-hybridized carbons (Fsp3) is 0.600. The summed E-state index contributed by atoms with van der Waals surface area (Å²) in [5.74, 6) is -0.102. The Balaban J connectivity index is 2.82. The predicted octanol–water partition coefficient (Wildman–Crippen LogP) is 3.23. The first-order chi connectivity index (χ1) is 7.56. The number of alkyl halides is 2. The summed E-state index contributed by atoms with van der Waals surface area (Å²) in [6.07, 6.45) is 3.47. The number of carbonyl (C=O) groups is 1. The van der Waals surface area contributed by atoms with Crippen LogP contribution in [-0.4, -0.2) is 21.2 Å². The Labute approximate surface area is 112 Å². The quantitative estimate of drug-likeness (QED) is 0.763. The molecule has 0 atom stereocenters. The zero-order valence-electron chi connectivity index (χ0n) is 9.24. The van der Waals surface area contributed by atoms with Crippen LogP contribution >= 0.6 is 31.9 Å². The van der Waals surface area contributed by atoms with Gasteiger partial charge in [0.25, 0.3) is 5.91 Å². The molecule has 0 saturated heterocycles. The Hall–Kier alpha value is -0.360. The minimum atomic E-state index is -0.413. The Kier molecular flexibility index (Phi) is 5.48. The molecule has 1 heterocycles. The van der Waals surface area contributed by atoms with Crippen molar-refractivity contribution in [1.29, 1.82) is 0 Å². The van der Waals surface area contributed by atoms with Gasteiger partial charge in [-0.1, -0.05) is 45.2 Å². The normalized spacial score (nSPS) is 10.8. The van der Waals surface area contributed by atoms with Gasteiger partial charge in [-0.15, -0.1) is 0 Å². The average molecular weight is 354 g/mol. The van der Waals surface area contributed by atoms with E-state index in [1.165, 1.54) is 0 Å². The number of aromatic nitrogens is 1. The van der Waals surface area contributed by atoms with Gasteiger partial charge in [0.15, 0.2) is 0 Å². The molecule has 0 saturated carbocycles. The van der Waals surface area contributed by atoms with Gasteiger partial charge in [-0.25, -0.2) is 0 Å². The molecule has 6 heteroatoms. The van der Waals surface area contributed by atoms with E-state index in [4.69, 9.17) is 4.42 Å². The monoisotopic (exact) mass is 352 g/mol. The molecule has 0 aromatic carbocycles. The number of oxazole rings is 1. The van der Waals surface area contributed by atoms with Crippen LogP contribution in [-0.2, 0) is 4.79 Å². The Morgan fingerprint density at radius 1 is 1.62 bits per heavy atom. The second-order valence-electron chi connectivity index (χ2n) is 3.42. The number of unbranched alkanes of at least 4 members (excludes halogenated alkanes) is 1. The van der Waals surface area contributed by atoms with Crippen LogP contribution in [0.25, 0.3) is 0 Å². The van der Waals surface area contributed by atoms with E-state index >= 15 is 0 Å².